The Balaban J connectivity index is 2.26. The normalized spacial score (nSPS) is 16.0. The van der Waals surface area contributed by atoms with E-state index in [-0.39, 0.29) is 17.9 Å². The van der Waals surface area contributed by atoms with Gasteiger partial charge in [0.05, 0.1) is 11.1 Å². The van der Waals surface area contributed by atoms with E-state index in [1.165, 1.54) is 4.90 Å². The molecule has 1 aromatic carbocycles. The minimum absolute atomic E-state index is 0.0392. The van der Waals surface area contributed by atoms with Crippen LogP contribution in [0.25, 0.3) is 0 Å². The van der Waals surface area contributed by atoms with Crippen molar-refractivity contribution >= 4 is 11.8 Å². The SMILES string of the molecule is CCCC[C@H](CC)N1C(=O)c2ccccc2C1=O. The maximum absolute atomic E-state index is 12.3. The van der Waals surface area contributed by atoms with Crippen LogP contribution in [-0.2, 0) is 0 Å². The summed E-state index contributed by atoms with van der Waals surface area (Å²) in [7, 11) is 0. The van der Waals surface area contributed by atoms with Crippen molar-refractivity contribution in [2.75, 3.05) is 0 Å². The van der Waals surface area contributed by atoms with Gasteiger partial charge in [0.1, 0.15) is 0 Å². The number of hydrogen-bond acceptors (Lipinski definition) is 2. The van der Waals surface area contributed by atoms with Gasteiger partial charge in [-0.3, -0.25) is 14.5 Å². The van der Waals surface area contributed by atoms with Gasteiger partial charge in [0, 0.05) is 6.04 Å². The lowest BCUT2D eigenvalue weighted by molar-refractivity contribution is 0.0570. The molecule has 1 aliphatic heterocycles. The molecule has 3 nitrogen and oxygen atoms in total. The highest BCUT2D eigenvalue weighted by atomic mass is 16.2. The van der Waals surface area contributed by atoms with Crippen LogP contribution >= 0.6 is 0 Å². The summed E-state index contributed by atoms with van der Waals surface area (Å²) in [5.41, 5.74) is 1.11. The summed E-state index contributed by atoms with van der Waals surface area (Å²) >= 11 is 0. The first kappa shape index (κ1) is 12.8. The fourth-order valence-electron chi connectivity index (χ4n) is 2.50. The molecule has 1 heterocycles. The molecule has 0 saturated heterocycles. The second kappa shape index (κ2) is 5.34. The lowest BCUT2D eigenvalue weighted by Crippen LogP contribution is -2.39. The number of nitrogens with zero attached hydrogens (tertiary/aromatic N) is 1. The Morgan fingerprint density at radius 3 is 2.06 bits per heavy atom. The molecule has 3 heteroatoms. The zero-order valence-corrected chi connectivity index (χ0v) is 11.0. The fourth-order valence-corrected chi connectivity index (χ4v) is 2.50. The third kappa shape index (κ3) is 2.05. The predicted octanol–water partition coefficient (Wildman–Crippen LogP) is 3.25. The van der Waals surface area contributed by atoms with E-state index in [1.807, 2.05) is 6.92 Å². The number of hydrogen-bond donors (Lipinski definition) is 0. The van der Waals surface area contributed by atoms with Crippen LogP contribution in [0.1, 0.15) is 60.2 Å². The molecule has 2 rings (SSSR count). The molecule has 18 heavy (non-hydrogen) atoms. The first-order chi connectivity index (χ1) is 8.70. The second-order valence-electron chi connectivity index (χ2n) is 4.73. The number of imide groups is 1. The summed E-state index contributed by atoms with van der Waals surface area (Å²) in [6.07, 6.45) is 3.86. The Labute approximate surface area is 108 Å². The van der Waals surface area contributed by atoms with Crippen molar-refractivity contribution in [3.05, 3.63) is 35.4 Å². The molecular weight excluding hydrogens is 226 g/mol. The van der Waals surface area contributed by atoms with Crippen LogP contribution in [0.15, 0.2) is 24.3 Å². The Hall–Kier alpha value is -1.64. The second-order valence-corrected chi connectivity index (χ2v) is 4.73. The summed E-state index contributed by atoms with van der Waals surface area (Å²) in [5, 5.41) is 0. The number of benzene rings is 1. The number of rotatable bonds is 5. The van der Waals surface area contributed by atoms with E-state index in [9.17, 15) is 9.59 Å². The van der Waals surface area contributed by atoms with Crippen molar-refractivity contribution in [3.63, 3.8) is 0 Å². The average Bonchev–Trinajstić information content (AvgIpc) is 2.65. The van der Waals surface area contributed by atoms with E-state index >= 15 is 0 Å². The summed E-state index contributed by atoms with van der Waals surface area (Å²) < 4.78 is 0. The lowest BCUT2D eigenvalue weighted by atomic mass is 10.1. The number of unbranched alkanes of at least 4 members (excludes halogenated alkanes) is 1. The van der Waals surface area contributed by atoms with Crippen LogP contribution in [0.3, 0.4) is 0 Å². The minimum Gasteiger partial charge on any atom is -0.271 e. The highest BCUT2D eigenvalue weighted by Gasteiger charge is 2.38. The molecule has 0 spiro atoms. The molecule has 0 aromatic heterocycles. The minimum atomic E-state index is -0.126. The van der Waals surface area contributed by atoms with Crippen molar-refractivity contribution in [2.45, 2.75) is 45.6 Å². The van der Waals surface area contributed by atoms with Gasteiger partial charge in [-0.1, -0.05) is 38.8 Å². The van der Waals surface area contributed by atoms with Crippen molar-refractivity contribution in [1.82, 2.24) is 4.90 Å². The van der Waals surface area contributed by atoms with Gasteiger partial charge in [0.2, 0.25) is 0 Å². The molecule has 0 N–H and O–H groups in total. The van der Waals surface area contributed by atoms with E-state index in [0.29, 0.717) is 11.1 Å². The Morgan fingerprint density at radius 2 is 1.61 bits per heavy atom. The van der Waals surface area contributed by atoms with Crippen molar-refractivity contribution in [2.24, 2.45) is 0 Å². The summed E-state index contributed by atoms with van der Waals surface area (Å²) in [6.45, 7) is 4.15. The van der Waals surface area contributed by atoms with Gasteiger partial charge in [0.25, 0.3) is 11.8 Å². The molecule has 2 amide bonds. The Morgan fingerprint density at radius 1 is 1.06 bits per heavy atom. The van der Waals surface area contributed by atoms with Crippen molar-refractivity contribution < 1.29 is 9.59 Å². The highest BCUT2D eigenvalue weighted by molar-refractivity contribution is 6.21. The van der Waals surface area contributed by atoms with Gasteiger partial charge in [-0.2, -0.15) is 0 Å². The summed E-state index contributed by atoms with van der Waals surface area (Å²) in [4.78, 5) is 26.0. The molecule has 1 atom stereocenters. The maximum atomic E-state index is 12.3. The third-order valence-electron chi connectivity index (χ3n) is 3.55. The Kier molecular flexibility index (Phi) is 3.80. The number of amides is 2. The highest BCUT2D eigenvalue weighted by Crippen LogP contribution is 2.27. The average molecular weight is 245 g/mol. The molecule has 0 bridgehead atoms. The lowest BCUT2D eigenvalue weighted by Gasteiger charge is -2.24. The van der Waals surface area contributed by atoms with Gasteiger partial charge >= 0.3 is 0 Å². The van der Waals surface area contributed by atoms with Crippen LogP contribution < -0.4 is 0 Å². The topological polar surface area (TPSA) is 37.4 Å². The van der Waals surface area contributed by atoms with Gasteiger partial charge in [-0.05, 0) is 25.0 Å². The zero-order chi connectivity index (χ0) is 13.1. The Bertz CT molecular complexity index is 432. The fraction of sp³-hybridized carbons (Fsp3) is 0.467. The predicted molar refractivity (Wildman–Crippen MR) is 70.5 cm³/mol. The van der Waals surface area contributed by atoms with Crippen LogP contribution in [0, 0.1) is 0 Å². The molecule has 0 aliphatic carbocycles. The standard InChI is InChI=1S/C15H19NO2/c1-3-5-8-11(4-2)16-14(17)12-9-6-7-10-13(12)15(16)18/h6-7,9-11H,3-5,8H2,1-2H3/t11-/m0/s1. The van der Waals surface area contributed by atoms with Crippen LogP contribution in [0.5, 0.6) is 0 Å². The van der Waals surface area contributed by atoms with Gasteiger partial charge in [-0.15, -0.1) is 0 Å². The van der Waals surface area contributed by atoms with Crippen LogP contribution in [0.4, 0.5) is 0 Å². The molecule has 0 saturated carbocycles. The van der Waals surface area contributed by atoms with Gasteiger partial charge in [0.15, 0.2) is 0 Å². The molecule has 1 aromatic rings. The van der Waals surface area contributed by atoms with E-state index in [4.69, 9.17) is 0 Å². The molecule has 96 valence electrons. The molecular formula is C15H19NO2. The van der Waals surface area contributed by atoms with Crippen LogP contribution in [0.2, 0.25) is 0 Å². The summed E-state index contributed by atoms with van der Waals surface area (Å²) in [6, 6.07) is 7.13. The largest absolute Gasteiger partial charge is 0.271 e. The molecule has 0 radical (unpaired) electrons. The number of carbonyl (C=O) groups excluding carboxylic acids is 2. The molecule has 0 fully saturated rings. The molecule has 1 aliphatic rings. The van der Waals surface area contributed by atoms with Crippen molar-refractivity contribution in [3.8, 4) is 0 Å². The van der Waals surface area contributed by atoms with Gasteiger partial charge in [-0.25, -0.2) is 0 Å². The quantitative estimate of drug-likeness (QED) is 0.747. The van der Waals surface area contributed by atoms with Crippen molar-refractivity contribution in [1.29, 1.82) is 0 Å². The first-order valence-corrected chi connectivity index (χ1v) is 6.67. The number of fused-ring (bicyclic) bond motifs is 1. The van der Waals surface area contributed by atoms with E-state index in [0.717, 1.165) is 25.7 Å². The van der Waals surface area contributed by atoms with E-state index in [2.05, 4.69) is 6.92 Å². The first-order valence-electron chi connectivity index (χ1n) is 6.67. The van der Waals surface area contributed by atoms with Crippen LogP contribution in [-0.4, -0.2) is 22.8 Å². The smallest absolute Gasteiger partial charge is 0.261 e. The monoisotopic (exact) mass is 245 g/mol. The van der Waals surface area contributed by atoms with Gasteiger partial charge < -0.3 is 0 Å². The maximum Gasteiger partial charge on any atom is 0.261 e. The number of carbonyl (C=O) groups is 2. The van der Waals surface area contributed by atoms with E-state index in [1.54, 1.807) is 24.3 Å². The molecule has 0 unspecified atom stereocenters. The zero-order valence-electron chi connectivity index (χ0n) is 11.0. The summed E-state index contributed by atoms with van der Waals surface area (Å²) in [5.74, 6) is -0.253. The third-order valence-corrected chi connectivity index (χ3v) is 3.55. The van der Waals surface area contributed by atoms with E-state index < -0.39 is 0 Å².